The molecule has 1 aromatic heterocycles. The zero-order valence-corrected chi connectivity index (χ0v) is 13.0. The molecule has 1 spiro atoms. The van der Waals surface area contributed by atoms with E-state index in [4.69, 9.17) is 16.3 Å². The van der Waals surface area contributed by atoms with Crippen molar-refractivity contribution in [2.24, 2.45) is 5.92 Å². The number of hydrogen-bond donors (Lipinski definition) is 1. The van der Waals surface area contributed by atoms with Crippen molar-refractivity contribution in [2.75, 3.05) is 18.1 Å². The van der Waals surface area contributed by atoms with Crippen molar-refractivity contribution in [3.05, 3.63) is 29.0 Å². The van der Waals surface area contributed by atoms with Crippen LogP contribution >= 0.6 is 23.4 Å². The number of pyridine rings is 1. The summed E-state index contributed by atoms with van der Waals surface area (Å²) in [5.74, 6) is 2.60. The SMILES string of the molecule is OC(c1ccc(Cl)nc1)C1CCOC2(CCSCC2)C1. The van der Waals surface area contributed by atoms with Crippen molar-refractivity contribution in [1.29, 1.82) is 0 Å². The van der Waals surface area contributed by atoms with Crippen molar-refractivity contribution in [3.8, 4) is 0 Å². The smallest absolute Gasteiger partial charge is 0.129 e. The number of ether oxygens (including phenoxy) is 1. The van der Waals surface area contributed by atoms with Gasteiger partial charge in [0, 0.05) is 12.8 Å². The number of aromatic nitrogens is 1. The molecule has 0 saturated carbocycles. The van der Waals surface area contributed by atoms with Crippen LogP contribution in [0.15, 0.2) is 18.3 Å². The highest BCUT2D eigenvalue weighted by molar-refractivity contribution is 7.99. The summed E-state index contributed by atoms with van der Waals surface area (Å²) in [6.07, 6.45) is 5.32. The third-order valence-corrected chi connectivity index (χ3v) is 5.68. The highest BCUT2D eigenvalue weighted by Crippen LogP contribution is 2.43. The molecule has 2 fully saturated rings. The van der Waals surface area contributed by atoms with Gasteiger partial charge in [0.1, 0.15) is 5.15 Å². The standard InChI is InChI=1S/C15H20ClNO2S/c16-13-2-1-12(10-17-13)14(18)11-3-6-19-15(9-11)4-7-20-8-5-15/h1-2,10-11,14,18H,3-9H2. The van der Waals surface area contributed by atoms with Crippen LogP contribution in [-0.2, 0) is 4.74 Å². The number of aliphatic hydroxyl groups is 1. The number of nitrogens with zero attached hydrogens (tertiary/aromatic N) is 1. The Morgan fingerprint density at radius 2 is 2.20 bits per heavy atom. The summed E-state index contributed by atoms with van der Waals surface area (Å²) >= 11 is 7.81. The fraction of sp³-hybridized carbons (Fsp3) is 0.667. The second kappa shape index (κ2) is 6.22. The molecule has 2 atom stereocenters. The van der Waals surface area contributed by atoms with Crippen LogP contribution in [0, 0.1) is 5.92 Å². The van der Waals surface area contributed by atoms with Gasteiger partial charge in [-0.3, -0.25) is 0 Å². The van der Waals surface area contributed by atoms with E-state index < -0.39 is 6.10 Å². The Morgan fingerprint density at radius 3 is 2.90 bits per heavy atom. The lowest BCUT2D eigenvalue weighted by Gasteiger charge is -2.44. The second-order valence-corrected chi connectivity index (χ2v) is 7.37. The highest BCUT2D eigenvalue weighted by atomic mass is 35.5. The summed E-state index contributed by atoms with van der Waals surface area (Å²) in [6, 6.07) is 3.62. The third-order valence-electron chi connectivity index (χ3n) is 4.47. The first kappa shape index (κ1) is 14.6. The fourth-order valence-corrected chi connectivity index (χ4v) is 4.61. The zero-order chi connectivity index (χ0) is 14.0. The summed E-state index contributed by atoms with van der Waals surface area (Å²) in [4.78, 5) is 4.07. The summed E-state index contributed by atoms with van der Waals surface area (Å²) in [5.41, 5.74) is 0.872. The van der Waals surface area contributed by atoms with Crippen molar-refractivity contribution in [2.45, 2.75) is 37.4 Å². The van der Waals surface area contributed by atoms with Crippen LogP contribution in [0.4, 0.5) is 0 Å². The van der Waals surface area contributed by atoms with Gasteiger partial charge < -0.3 is 9.84 Å². The van der Waals surface area contributed by atoms with E-state index in [0.29, 0.717) is 5.15 Å². The maximum atomic E-state index is 10.6. The van der Waals surface area contributed by atoms with Gasteiger partial charge in [-0.2, -0.15) is 11.8 Å². The quantitative estimate of drug-likeness (QED) is 0.849. The maximum absolute atomic E-state index is 10.6. The molecule has 0 aromatic carbocycles. The van der Waals surface area contributed by atoms with Gasteiger partial charge in [-0.25, -0.2) is 4.98 Å². The summed E-state index contributed by atoms with van der Waals surface area (Å²) < 4.78 is 6.08. The lowest BCUT2D eigenvalue weighted by molar-refractivity contribution is -0.121. The van der Waals surface area contributed by atoms with Crippen molar-refractivity contribution in [3.63, 3.8) is 0 Å². The predicted octanol–water partition coefficient (Wildman–Crippen LogP) is 3.46. The molecule has 20 heavy (non-hydrogen) atoms. The van der Waals surface area contributed by atoms with Crippen molar-refractivity contribution >= 4 is 23.4 Å². The molecule has 2 saturated heterocycles. The monoisotopic (exact) mass is 313 g/mol. The average molecular weight is 314 g/mol. The predicted molar refractivity (Wildman–Crippen MR) is 82.2 cm³/mol. The van der Waals surface area contributed by atoms with Gasteiger partial charge in [0.05, 0.1) is 11.7 Å². The van der Waals surface area contributed by atoms with Crippen LogP contribution in [-0.4, -0.2) is 33.8 Å². The molecule has 1 N–H and O–H groups in total. The molecule has 0 amide bonds. The van der Waals surface area contributed by atoms with E-state index in [1.54, 1.807) is 12.3 Å². The minimum atomic E-state index is -0.463. The summed E-state index contributed by atoms with van der Waals surface area (Å²) in [6.45, 7) is 0.757. The lowest BCUT2D eigenvalue weighted by Crippen LogP contribution is -2.44. The first-order valence-corrected chi connectivity index (χ1v) is 8.73. The number of hydrogen-bond acceptors (Lipinski definition) is 4. The molecule has 2 unspecified atom stereocenters. The Bertz CT molecular complexity index is 442. The molecule has 5 heteroatoms. The average Bonchev–Trinajstić information content (AvgIpc) is 2.48. The first-order valence-electron chi connectivity index (χ1n) is 7.20. The topological polar surface area (TPSA) is 42.4 Å². The van der Waals surface area contributed by atoms with Crippen LogP contribution in [0.5, 0.6) is 0 Å². The van der Waals surface area contributed by atoms with E-state index in [1.165, 1.54) is 11.5 Å². The fourth-order valence-electron chi connectivity index (χ4n) is 3.26. The molecule has 0 bridgehead atoms. The third kappa shape index (κ3) is 3.14. The molecule has 0 radical (unpaired) electrons. The van der Waals surface area contributed by atoms with Crippen LogP contribution in [0.3, 0.4) is 0 Å². The van der Waals surface area contributed by atoms with E-state index >= 15 is 0 Å². The van der Waals surface area contributed by atoms with Crippen LogP contribution in [0.25, 0.3) is 0 Å². The molecule has 1 aromatic rings. The molecule has 110 valence electrons. The minimum absolute atomic E-state index is 0.00893. The van der Waals surface area contributed by atoms with E-state index in [1.807, 2.05) is 17.8 Å². The van der Waals surface area contributed by atoms with Gasteiger partial charge in [-0.15, -0.1) is 0 Å². The van der Waals surface area contributed by atoms with Gasteiger partial charge in [-0.1, -0.05) is 17.7 Å². The Labute approximate surface area is 129 Å². The molecule has 3 rings (SSSR count). The molecule has 2 aliphatic heterocycles. The van der Waals surface area contributed by atoms with Gasteiger partial charge in [0.15, 0.2) is 0 Å². The highest BCUT2D eigenvalue weighted by Gasteiger charge is 2.41. The number of halogens is 1. The molecular weight excluding hydrogens is 294 g/mol. The summed E-state index contributed by atoms with van der Waals surface area (Å²) in [5, 5.41) is 11.1. The molecule has 0 aliphatic carbocycles. The number of thioether (sulfide) groups is 1. The van der Waals surface area contributed by atoms with Gasteiger partial charge in [0.25, 0.3) is 0 Å². The zero-order valence-electron chi connectivity index (χ0n) is 11.4. The van der Waals surface area contributed by atoms with Crippen LogP contribution in [0.2, 0.25) is 5.15 Å². The van der Waals surface area contributed by atoms with Crippen LogP contribution < -0.4 is 0 Å². The second-order valence-electron chi connectivity index (χ2n) is 5.76. The van der Waals surface area contributed by atoms with Gasteiger partial charge in [-0.05, 0) is 54.7 Å². The van der Waals surface area contributed by atoms with Crippen LogP contribution in [0.1, 0.15) is 37.4 Å². The minimum Gasteiger partial charge on any atom is -0.388 e. The van der Waals surface area contributed by atoms with E-state index in [2.05, 4.69) is 4.98 Å². The Morgan fingerprint density at radius 1 is 1.40 bits per heavy atom. The molecule has 3 nitrogen and oxygen atoms in total. The largest absolute Gasteiger partial charge is 0.388 e. The van der Waals surface area contributed by atoms with E-state index in [-0.39, 0.29) is 11.5 Å². The first-order chi connectivity index (χ1) is 9.69. The summed E-state index contributed by atoms with van der Waals surface area (Å²) in [7, 11) is 0. The van der Waals surface area contributed by atoms with Crippen molar-refractivity contribution in [1.82, 2.24) is 4.98 Å². The number of aliphatic hydroxyl groups excluding tert-OH is 1. The Balaban J connectivity index is 1.71. The van der Waals surface area contributed by atoms with Crippen molar-refractivity contribution < 1.29 is 9.84 Å². The van der Waals surface area contributed by atoms with E-state index in [9.17, 15) is 5.11 Å². The Kier molecular flexibility index (Phi) is 4.55. The molecule has 2 aliphatic rings. The van der Waals surface area contributed by atoms with Gasteiger partial charge >= 0.3 is 0 Å². The Hall–Kier alpha value is -0.290. The maximum Gasteiger partial charge on any atom is 0.129 e. The molecular formula is C15H20ClNO2S. The van der Waals surface area contributed by atoms with Gasteiger partial charge in [0.2, 0.25) is 0 Å². The lowest BCUT2D eigenvalue weighted by atomic mass is 9.78. The normalized spacial score (nSPS) is 27.4. The number of rotatable bonds is 2. The van der Waals surface area contributed by atoms with E-state index in [0.717, 1.165) is 37.9 Å². The molecule has 3 heterocycles.